The molecule has 0 spiro atoms. The van der Waals surface area contributed by atoms with Crippen molar-refractivity contribution in [1.82, 2.24) is 24.5 Å². The Morgan fingerprint density at radius 3 is 2.16 bits per heavy atom. The molecule has 4 aliphatic rings. The average molecular weight is 748 g/mol. The Kier molecular flexibility index (Phi) is 8.79. The summed E-state index contributed by atoms with van der Waals surface area (Å²) in [7, 11) is -9.50. The minimum absolute atomic E-state index is 0.0522. The smallest absolute Gasteiger partial charge is 0.340 e. The highest BCUT2D eigenvalue weighted by Gasteiger charge is 2.58. The number of ether oxygens (including phenoxy) is 6. The summed E-state index contributed by atoms with van der Waals surface area (Å²) in [5.41, 5.74) is 12.0. The third-order valence-corrected chi connectivity index (χ3v) is 13.1. The van der Waals surface area contributed by atoms with Crippen LogP contribution in [0.15, 0.2) is 18.0 Å². The van der Waals surface area contributed by atoms with Gasteiger partial charge >= 0.3 is 15.2 Å². The lowest BCUT2D eigenvalue weighted by Gasteiger charge is -2.25. The maximum Gasteiger partial charge on any atom is 0.340 e. The monoisotopic (exact) mass is 747 g/mol. The molecule has 1 amide bonds. The first-order chi connectivity index (χ1) is 22.9. The minimum atomic E-state index is -4.75. The summed E-state index contributed by atoms with van der Waals surface area (Å²) < 4.78 is 74.6. The first-order valence-electron chi connectivity index (χ1n) is 15.0. The van der Waals surface area contributed by atoms with Gasteiger partial charge in [0.25, 0.3) is 5.91 Å². The Bertz CT molecular complexity index is 1860. The predicted molar refractivity (Wildman–Crippen MR) is 166 cm³/mol. The maximum atomic E-state index is 13.1. The van der Waals surface area contributed by atoms with Gasteiger partial charge in [-0.05, 0) is 27.7 Å². The van der Waals surface area contributed by atoms with Crippen molar-refractivity contribution in [2.45, 2.75) is 88.2 Å². The van der Waals surface area contributed by atoms with E-state index in [1.807, 2.05) is 0 Å². The van der Waals surface area contributed by atoms with E-state index in [9.17, 15) is 23.7 Å². The zero-order valence-electron chi connectivity index (χ0n) is 26.6. The molecule has 4 aliphatic heterocycles. The summed E-state index contributed by atoms with van der Waals surface area (Å²) in [5, 5.41) is 1.88. The number of hydrogen-bond donors (Lipinski definition) is 4. The van der Waals surface area contributed by atoms with Crippen LogP contribution in [0.3, 0.4) is 0 Å². The van der Waals surface area contributed by atoms with Gasteiger partial charge in [0.1, 0.15) is 65.3 Å². The normalized spacial score (nSPS) is 34.1. The molecule has 7 rings (SSSR count). The zero-order chi connectivity index (χ0) is 35.1. The molecular formula is C26H35N7O13P2S. The largest absolute Gasteiger partial charge is 0.382 e. The van der Waals surface area contributed by atoms with Gasteiger partial charge in [0.15, 0.2) is 35.2 Å². The number of imidazole rings is 1. The number of carbonyl (C=O) groups excluding carboxylic acids is 1. The number of carbonyl (C=O) groups is 1. The zero-order valence-corrected chi connectivity index (χ0v) is 29.2. The third-order valence-electron chi connectivity index (χ3n) is 8.19. The van der Waals surface area contributed by atoms with E-state index < -0.39 is 101 Å². The van der Waals surface area contributed by atoms with Crippen LogP contribution in [0.5, 0.6) is 0 Å². The topological polar surface area (TPSA) is 274 Å². The van der Waals surface area contributed by atoms with Gasteiger partial charge in [-0.1, -0.05) is 0 Å². The standard InChI is InChI=1S/C26H35N7O13P2S/c1-25(2)43-15-12(41-18(17(15)45-25)23-32-11(7-49-23)21(28)34)5-39-47(35,36)10-48(37,38)40-6-13-16-19(46-26(3,4)44-16)24(42-13)33-9-31-14-20(27)29-8-30-22(14)33/h7-9,12-13,15-19,24H,5-6,10H2,1-4H3,(H2,28,34)(H,35,36)(H,37,38)(H2,27,29,30)/t12-,13-,15+,16+,17?,18-,19?,24-/m1/s1. The van der Waals surface area contributed by atoms with E-state index in [1.165, 1.54) is 18.0 Å². The van der Waals surface area contributed by atoms with Crippen LogP contribution in [0.25, 0.3) is 11.2 Å². The van der Waals surface area contributed by atoms with Gasteiger partial charge in [-0.3, -0.25) is 18.5 Å². The van der Waals surface area contributed by atoms with Crippen LogP contribution in [-0.4, -0.2) is 108 Å². The second kappa shape index (κ2) is 12.3. The molecule has 0 saturated carbocycles. The molecule has 4 unspecified atom stereocenters. The third kappa shape index (κ3) is 6.93. The number of amides is 1. The van der Waals surface area contributed by atoms with Gasteiger partial charge < -0.3 is 58.7 Å². The Labute approximate surface area is 282 Å². The first-order valence-corrected chi connectivity index (χ1v) is 19.4. The molecule has 4 fully saturated rings. The fourth-order valence-corrected chi connectivity index (χ4v) is 10.4. The van der Waals surface area contributed by atoms with E-state index in [0.29, 0.717) is 16.2 Å². The molecule has 23 heteroatoms. The quantitative estimate of drug-likeness (QED) is 0.202. The maximum absolute atomic E-state index is 13.1. The lowest BCUT2D eigenvalue weighted by molar-refractivity contribution is -0.199. The van der Waals surface area contributed by atoms with Gasteiger partial charge in [-0.25, -0.2) is 19.9 Å². The van der Waals surface area contributed by atoms with Crippen LogP contribution in [0.2, 0.25) is 0 Å². The van der Waals surface area contributed by atoms with Crippen molar-refractivity contribution in [2.75, 3.05) is 24.9 Å². The van der Waals surface area contributed by atoms with E-state index in [4.69, 9.17) is 48.9 Å². The second-order valence-corrected chi connectivity index (χ2v) is 17.9. The van der Waals surface area contributed by atoms with Gasteiger partial charge in [0, 0.05) is 5.38 Å². The van der Waals surface area contributed by atoms with Crippen molar-refractivity contribution in [3.05, 3.63) is 28.7 Å². The van der Waals surface area contributed by atoms with E-state index in [2.05, 4.69) is 19.9 Å². The number of anilines is 1. The molecule has 268 valence electrons. The molecule has 0 radical (unpaired) electrons. The molecular weight excluding hydrogens is 712 g/mol. The SMILES string of the molecule is CC1(C)OC2[C@@H](O1)[C@@H](COP(=O)(O)CP(=O)(O)OC[C@H]1O[C@@H](c3nc(C(N)=O)cs3)C3OC(C)(C)O[C@H]31)O[C@H]2n1cnc2c(N)ncnc21. The summed E-state index contributed by atoms with van der Waals surface area (Å²) in [6.07, 6.45) is -3.61. The van der Waals surface area contributed by atoms with Crippen LogP contribution in [0.1, 0.15) is 55.5 Å². The van der Waals surface area contributed by atoms with Crippen LogP contribution in [0.4, 0.5) is 5.82 Å². The van der Waals surface area contributed by atoms with Crippen molar-refractivity contribution in [3.63, 3.8) is 0 Å². The molecule has 4 saturated heterocycles. The first kappa shape index (κ1) is 34.9. The highest BCUT2D eigenvalue weighted by atomic mass is 32.1. The van der Waals surface area contributed by atoms with Gasteiger partial charge in [-0.2, -0.15) is 0 Å². The number of nitrogens with two attached hydrogens (primary N) is 2. The molecule has 0 aliphatic carbocycles. The molecule has 3 aromatic rings. The van der Waals surface area contributed by atoms with Gasteiger partial charge in [0.05, 0.1) is 19.5 Å². The Hall–Kier alpha value is -2.49. The highest BCUT2D eigenvalue weighted by Crippen LogP contribution is 2.59. The predicted octanol–water partition coefficient (Wildman–Crippen LogP) is 1.40. The molecule has 0 bridgehead atoms. The van der Waals surface area contributed by atoms with Crippen LogP contribution >= 0.6 is 26.5 Å². The molecule has 0 aromatic carbocycles. The van der Waals surface area contributed by atoms with Crippen molar-refractivity contribution in [1.29, 1.82) is 0 Å². The fraction of sp³-hybridized carbons (Fsp3) is 0.654. The number of hydrogen-bond acceptors (Lipinski definition) is 17. The molecule has 10 atom stereocenters. The number of thiazole rings is 1. The molecule has 20 nitrogen and oxygen atoms in total. The summed E-state index contributed by atoms with van der Waals surface area (Å²) in [6, 6.07) is 0. The van der Waals surface area contributed by atoms with E-state index in [1.54, 1.807) is 32.3 Å². The molecule has 49 heavy (non-hydrogen) atoms. The van der Waals surface area contributed by atoms with Gasteiger partial charge in [0.2, 0.25) is 0 Å². The Morgan fingerprint density at radius 1 is 0.939 bits per heavy atom. The summed E-state index contributed by atoms with van der Waals surface area (Å²) >= 11 is 1.13. The summed E-state index contributed by atoms with van der Waals surface area (Å²) in [4.78, 5) is 49.5. The van der Waals surface area contributed by atoms with Crippen molar-refractivity contribution in [2.24, 2.45) is 5.73 Å². The van der Waals surface area contributed by atoms with E-state index >= 15 is 0 Å². The lowest BCUT2D eigenvalue weighted by Crippen LogP contribution is -2.33. The molecule has 3 aromatic heterocycles. The Balaban J connectivity index is 0.993. The Morgan fingerprint density at radius 2 is 1.53 bits per heavy atom. The average Bonchev–Trinajstić information content (AvgIpc) is 3.82. The molecule has 6 N–H and O–H groups in total. The number of aromatic nitrogens is 5. The number of primary amides is 1. The summed E-state index contributed by atoms with van der Waals surface area (Å²) in [6.45, 7) is 5.81. The summed E-state index contributed by atoms with van der Waals surface area (Å²) in [5.74, 6) is -3.81. The van der Waals surface area contributed by atoms with Crippen LogP contribution in [-0.2, 0) is 46.6 Å². The number of rotatable bonds is 11. The number of fused-ring (bicyclic) bond motifs is 3. The van der Waals surface area contributed by atoms with E-state index in [-0.39, 0.29) is 11.5 Å². The van der Waals surface area contributed by atoms with Crippen molar-refractivity contribution >= 4 is 49.4 Å². The van der Waals surface area contributed by atoms with Crippen molar-refractivity contribution in [3.8, 4) is 0 Å². The number of nitrogen functional groups attached to an aromatic ring is 1. The van der Waals surface area contributed by atoms with E-state index in [0.717, 1.165) is 11.3 Å². The second-order valence-electron chi connectivity index (χ2n) is 12.8. The molecule has 7 heterocycles. The van der Waals surface area contributed by atoms with Crippen LogP contribution < -0.4 is 11.5 Å². The van der Waals surface area contributed by atoms with Crippen molar-refractivity contribution < 1.29 is 61.2 Å². The minimum Gasteiger partial charge on any atom is -0.382 e. The lowest BCUT2D eigenvalue weighted by atomic mass is 10.1. The highest BCUT2D eigenvalue weighted by molar-refractivity contribution is 7.70. The van der Waals surface area contributed by atoms with Crippen LogP contribution in [0, 0.1) is 0 Å². The fourth-order valence-electron chi connectivity index (χ4n) is 6.31. The number of nitrogens with zero attached hydrogens (tertiary/aromatic N) is 5. The van der Waals surface area contributed by atoms with Gasteiger partial charge in [-0.15, -0.1) is 11.3 Å².